The van der Waals surface area contributed by atoms with E-state index >= 15 is 0 Å². The highest BCUT2D eigenvalue weighted by molar-refractivity contribution is 5.77. The van der Waals surface area contributed by atoms with Gasteiger partial charge >= 0.3 is 0 Å². The Labute approximate surface area is 107 Å². The van der Waals surface area contributed by atoms with Crippen LogP contribution in [0.25, 0.3) is 0 Å². The van der Waals surface area contributed by atoms with Gasteiger partial charge in [-0.1, -0.05) is 6.07 Å². The Morgan fingerprint density at radius 1 is 1.61 bits per heavy atom. The molecule has 1 fully saturated rings. The number of anilines is 1. The minimum Gasteiger partial charge on any atom is -0.375 e. The predicted molar refractivity (Wildman–Crippen MR) is 69.5 cm³/mol. The van der Waals surface area contributed by atoms with Crippen molar-refractivity contribution in [3.63, 3.8) is 0 Å². The highest BCUT2D eigenvalue weighted by Crippen LogP contribution is 2.16. The number of pyridine rings is 1. The van der Waals surface area contributed by atoms with E-state index in [1.54, 1.807) is 6.20 Å². The Balaban J connectivity index is 1.91. The molecule has 1 atom stereocenters. The predicted octanol–water partition coefficient (Wildman–Crippen LogP) is 0.813. The first-order valence-corrected chi connectivity index (χ1v) is 6.24. The van der Waals surface area contributed by atoms with E-state index in [0.29, 0.717) is 0 Å². The van der Waals surface area contributed by atoms with Crippen molar-refractivity contribution < 1.29 is 9.53 Å². The van der Waals surface area contributed by atoms with Crippen molar-refractivity contribution in [1.82, 2.24) is 10.3 Å². The lowest BCUT2D eigenvalue weighted by atomic mass is 10.1. The molecule has 18 heavy (non-hydrogen) atoms. The Morgan fingerprint density at radius 2 is 2.50 bits per heavy atom. The molecule has 1 aliphatic heterocycles. The summed E-state index contributed by atoms with van der Waals surface area (Å²) >= 11 is 0. The van der Waals surface area contributed by atoms with E-state index in [1.807, 2.05) is 18.2 Å². The fraction of sp³-hybridized carbons (Fsp3) is 0.538. The summed E-state index contributed by atoms with van der Waals surface area (Å²) in [5.41, 5.74) is 0. The van der Waals surface area contributed by atoms with Crippen LogP contribution in [-0.4, -0.2) is 43.7 Å². The number of carbonyl (C=O) groups is 1. The van der Waals surface area contributed by atoms with E-state index in [4.69, 9.17) is 4.74 Å². The van der Waals surface area contributed by atoms with Crippen LogP contribution in [0.4, 0.5) is 5.82 Å². The Morgan fingerprint density at radius 3 is 3.22 bits per heavy atom. The van der Waals surface area contributed by atoms with Crippen molar-refractivity contribution in [2.75, 3.05) is 31.7 Å². The molecule has 1 amide bonds. The molecule has 5 heteroatoms. The molecule has 1 saturated heterocycles. The van der Waals surface area contributed by atoms with Crippen molar-refractivity contribution in [2.45, 2.75) is 18.9 Å². The van der Waals surface area contributed by atoms with Gasteiger partial charge in [-0.3, -0.25) is 4.79 Å². The molecule has 2 rings (SSSR count). The van der Waals surface area contributed by atoms with Gasteiger partial charge in [0.25, 0.3) is 0 Å². The molecule has 0 aliphatic carbocycles. The summed E-state index contributed by atoms with van der Waals surface area (Å²) in [6, 6.07) is 6.07. The summed E-state index contributed by atoms with van der Waals surface area (Å²) in [6.07, 6.45) is 3.87. The summed E-state index contributed by atoms with van der Waals surface area (Å²) in [6.45, 7) is 1.93. The van der Waals surface area contributed by atoms with Gasteiger partial charge in [0.2, 0.25) is 5.91 Å². The normalized spacial score (nSPS) is 19.6. The van der Waals surface area contributed by atoms with Crippen LogP contribution in [0, 0.1) is 0 Å². The summed E-state index contributed by atoms with van der Waals surface area (Å²) < 4.78 is 4.82. The van der Waals surface area contributed by atoms with Crippen molar-refractivity contribution in [2.24, 2.45) is 0 Å². The van der Waals surface area contributed by atoms with Gasteiger partial charge < -0.3 is 15.0 Å². The number of piperidine rings is 1. The van der Waals surface area contributed by atoms with Crippen molar-refractivity contribution >= 4 is 11.7 Å². The molecule has 98 valence electrons. The quantitative estimate of drug-likeness (QED) is 0.858. The third kappa shape index (κ3) is 3.43. The monoisotopic (exact) mass is 249 g/mol. The number of hydrogen-bond acceptors (Lipinski definition) is 4. The third-order valence-electron chi connectivity index (χ3n) is 3.04. The number of aromatic nitrogens is 1. The zero-order chi connectivity index (χ0) is 12.8. The number of rotatable bonds is 4. The Hall–Kier alpha value is -1.62. The average Bonchev–Trinajstić information content (AvgIpc) is 2.40. The van der Waals surface area contributed by atoms with E-state index in [9.17, 15) is 4.79 Å². The molecule has 0 radical (unpaired) electrons. The van der Waals surface area contributed by atoms with Gasteiger partial charge in [-0.2, -0.15) is 0 Å². The third-order valence-corrected chi connectivity index (χ3v) is 3.04. The zero-order valence-electron chi connectivity index (χ0n) is 10.6. The largest absolute Gasteiger partial charge is 0.375 e. The maximum Gasteiger partial charge on any atom is 0.246 e. The van der Waals surface area contributed by atoms with Crippen LogP contribution in [0.15, 0.2) is 24.4 Å². The van der Waals surface area contributed by atoms with Crippen LogP contribution in [0.3, 0.4) is 0 Å². The van der Waals surface area contributed by atoms with Crippen molar-refractivity contribution in [3.05, 3.63) is 24.4 Å². The first-order valence-electron chi connectivity index (χ1n) is 6.24. The number of ether oxygens (including phenoxy) is 1. The molecule has 1 aromatic heterocycles. The van der Waals surface area contributed by atoms with E-state index in [-0.39, 0.29) is 18.6 Å². The molecule has 0 unspecified atom stereocenters. The lowest BCUT2D eigenvalue weighted by Crippen LogP contribution is -2.48. The lowest BCUT2D eigenvalue weighted by Gasteiger charge is -2.33. The van der Waals surface area contributed by atoms with Gasteiger partial charge in [-0.15, -0.1) is 0 Å². The number of carbonyl (C=O) groups excluding carboxylic acids is 1. The minimum atomic E-state index is -0.0506. The van der Waals surface area contributed by atoms with Gasteiger partial charge in [0.15, 0.2) is 0 Å². The molecule has 1 aliphatic rings. The number of nitrogens with zero attached hydrogens (tertiary/aromatic N) is 2. The summed E-state index contributed by atoms with van der Waals surface area (Å²) in [5, 5.41) is 2.99. The van der Waals surface area contributed by atoms with E-state index in [2.05, 4.69) is 15.2 Å². The lowest BCUT2D eigenvalue weighted by molar-refractivity contribution is -0.125. The van der Waals surface area contributed by atoms with Gasteiger partial charge in [-0.05, 0) is 25.0 Å². The van der Waals surface area contributed by atoms with Crippen LogP contribution in [-0.2, 0) is 9.53 Å². The van der Waals surface area contributed by atoms with Gasteiger partial charge in [0, 0.05) is 32.4 Å². The second-order valence-corrected chi connectivity index (χ2v) is 4.47. The minimum absolute atomic E-state index is 0.0506. The Kier molecular flexibility index (Phi) is 4.52. The Bertz CT molecular complexity index is 383. The van der Waals surface area contributed by atoms with Gasteiger partial charge in [-0.25, -0.2) is 4.98 Å². The molecule has 2 heterocycles. The van der Waals surface area contributed by atoms with Crippen LogP contribution >= 0.6 is 0 Å². The molecule has 1 N–H and O–H groups in total. The first kappa shape index (κ1) is 12.8. The number of methoxy groups -OCH3 is 1. The maximum absolute atomic E-state index is 11.5. The molecule has 0 saturated carbocycles. The van der Waals surface area contributed by atoms with Crippen molar-refractivity contribution in [3.8, 4) is 0 Å². The first-order chi connectivity index (χ1) is 8.79. The topological polar surface area (TPSA) is 54.5 Å². The maximum atomic E-state index is 11.5. The summed E-state index contributed by atoms with van der Waals surface area (Å²) in [5.74, 6) is 0.925. The van der Waals surface area contributed by atoms with Crippen LogP contribution < -0.4 is 10.2 Å². The molecular weight excluding hydrogens is 230 g/mol. The van der Waals surface area contributed by atoms with E-state index in [1.165, 1.54) is 7.11 Å². The number of amides is 1. The van der Waals surface area contributed by atoms with Gasteiger partial charge in [0.05, 0.1) is 0 Å². The van der Waals surface area contributed by atoms with Crippen LogP contribution in [0.1, 0.15) is 12.8 Å². The van der Waals surface area contributed by atoms with Gasteiger partial charge in [0.1, 0.15) is 12.4 Å². The second kappa shape index (κ2) is 6.35. The van der Waals surface area contributed by atoms with E-state index < -0.39 is 0 Å². The van der Waals surface area contributed by atoms with Crippen LogP contribution in [0.5, 0.6) is 0 Å². The highest BCUT2D eigenvalue weighted by Gasteiger charge is 2.21. The number of hydrogen-bond donors (Lipinski definition) is 1. The SMILES string of the molecule is COCC(=O)N[C@@H]1CCCN(c2ccccn2)C1. The molecule has 5 nitrogen and oxygen atoms in total. The second-order valence-electron chi connectivity index (χ2n) is 4.47. The molecule has 0 spiro atoms. The summed E-state index contributed by atoms with van der Waals surface area (Å²) in [7, 11) is 1.53. The average molecular weight is 249 g/mol. The van der Waals surface area contributed by atoms with E-state index in [0.717, 1.165) is 31.7 Å². The number of nitrogens with one attached hydrogen (secondary N) is 1. The smallest absolute Gasteiger partial charge is 0.246 e. The molecular formula is C13H19N3O2. The van der Waals surface area contributed by atoms with Crippen LogP contribution in [0.2, 0.25) is 0 Å². The standard InChI is InChI=1S/C13H19N3O2/c1-18-10-13(17)15-11-5-4-8-16(9-11)12-6-2-3-7-14-12/h2-3,6-7,11H,4-5,8-10H2,1H3,(H,15,17)/t11-/m1/s1. The molecule has 0 aromatic carbocycles. The molecule has 0 bridgehead atoms. The fourth-order valence-corrected chi connectivity index (χ4v) is 2.24. The summed E-state index contributed by atoms with van der Waals surface area (Å²) in [4.78, 5) is 18.0. The zero-order valence-corrected chi connectivity index (χ0v) is 10.6. The molecule has 1 aromatic rings. The highest BCUT2D eigenvalue weighted by atomic mass is 16.5. The van der Waals surface area contributed by atoms with Crippen molar-refractivity contribution in [1.29, 1.82) is 0 Å². The fourth-order valence-electron chi connectivity index (χ4n) is 2.24.